The van der Waals surface area contributed by atoms with Crippen molar-refractivity contribution in [2.45, 2.75) is 19.8 Å². The molecule has 1 aliphatic rings. The van der Waals surface area contributed by atoms with Gasteiger partial charge < -0.3 is 9.88 Å². The lowest BCUT2D eigenvalue weighted by Crippen LogP contribution is -2.32. The van der Waals surface area contributed by atoms with Gasteiger partial charge in [-0.05, 0) is 48.7 Å². The largest absolute Gasteiger partial charge is 0.372 e. The van der Waals surface area contributed by atoms with E-state index < -0.39 is 38.9 Å². The Hall–Kier alpha value is -3.83. The summed E-state index contributed by atoms with van der Waals surface area (Å²) >= 11 is 0. The number of hydrogen-bond acceptors (Lipinski definition) is 5. The molecule has 0 saturated carbocycles. The number of aromatic nitrogens is 2. The predicted octanol–water partition coefficient (Wildman–Crippen LogP) is 4.95. The van der Waals surface area contributed by atoms with Crippen LogP contribution in [0, 0.1) is 11.6 Å². The van der Waals surface area contributed by atoms with Crippen molar-refractivity contribution < 1.29 is 22.0 Å². The van der Waals surface area contributed by atoms with Gasteiger partial charge in [0.1, 0.15) is 11.5 Å². The van der Waals surface area contributed by atoms with Gasteiger partial charge in [-0.2, -0.15) is 12.7 Å². The highest BCUT2D eigenvalue weighted by atomic mass is 32.2. The normalized spacial score (nSPS) is 14.0. The first-order valence-corrected chi connectivity index (χ1v) is 13.7. The number of nitrogens with zero attached hydrogens (tertiary/aromatic N) is 3. The number of ketones is 1. The molecule has 1 saturated heterocycles. The minimum absolute atomic E-state index is 0.0199. The van der Waals surface area contributed by atoms with Crippen molar-refractivity contribution in [2.24, 2.45) is 0 Å². The van der Waals surface area contributed by atoms with Crippen molar-refractivity contribution in [1.82, 2.24) is 14.3 Å². The summed E-state index contributed by atoms with van der Waals surface area (Å²) in [7, 11) is -2.77. The van der Waals surface area contributed by atoms with Crippen LogP contribution < -0.4 is 9.62 Å². The summed E-state index contributed by atoms with van der Waals surface area (Å²) in [6.07, 6.45) is 5.37. The first kappa shape index (κ1) is 25.8. The zero-order valence-electron chi connectivity index (χ0n) is 21.0. The van der Waals surface area contributed by atoms with E-state index in [2.05, 4.69) is 19.6 Å². The molecular formula is C27H27F2N5O3S. The second-order valence-corrected chi connectivity index (χ2v) is 11.0. The third-order valence-corrected chi connectivity index (χ3v) is 8.42. The molecule has 2 aromatic carbocycles. The van der Waals surface area contributed by atoms with Crippen molar-refractivity contribution in [1.29, 1.82) is 0 Å². The summed E-state index contributed by atoms with van der Waals surface area (Å²) in [4.78, 5) is 23.0. The van der Waals surface area contributed by atoms with E-state index in [1.54, 1.807) is 19.2 Å². The molecule has 5 rings (SSSR count). The molecule has 0 radical (unpaired) electrons. The van der Waals surface area contributed by atoms with E-state index >= 15 is 4.39 Å². The first-order valence-electron chi connectivity index (χ1n) is 12.3. The molecule has 0 amide bonds. The molecule has 38 heavy (non-hydrogen) atoms. The van der Waals surface area contributed by atoms with Gasteiger partial charge in [0.2, 0.25) is 5.78 Å². The van der Waals surface area contributed by atoms with E-state index in [1.807, 2.05) is 24.3 Å². The number of fused-ring (bicyclic) bond motifs is 1. The fourth-order valence-electron chi connectivity index (χ4n) is 4.55. The quantitative estimate of drug-likeness (QED) is 0.309. The maximum Gasteiger partial charge on any atom is 0.301 e. The van der Waals surface area contributed by atoms with Crippen LogP contribution in [0.3, 0.4) is 0 Å². The van der Waals surface area contributed by atoms with Gasteiger partial charge in [-0.3, -0.25) is 9.52 Å². The molecule has 1 fully saturated rings. The summed E-state index contributed by atoms with van der Waals surface area (Å²) in [6.45, 7) is 3.81. The number of hydrogen-bond donors (Lipinski definition) is 2. The van der Waals surface area contributed by atoms with Crippen LogP contribution in [-0.4, -0.2) is 55.2 Å². The smallest absolute Gasteiger partial charge is 0.301 e. The number of carbonyl (C=O) groups is 1. The van der Waals surface area contributed by atoms with Gasteiger partial charge in [0.25, 0.3) is 0 Å². The Bertz CT molecular complexity index is 1610. The van der Waals surface area contributed by atoms with Gasteiger partial charge in [-0.25, -0.2) is 13.8 Å². The van der Waals surface area contributed by atoms with Crippen molar-refractivity contribution in [3.8, 4) is 11.1 Å². The van der Waals surface area contributed by atoms with E-state index in [1.165, 1.54) is 26.1 Å². The van der Waals surface area contributed by atoms with E-state index in [4.69, 9.17) is 0 Å². The molecule has 0 bridgehead atoms. The standard InChI is InChI=1S/C27H27F2N5O3S/c1-3-33(2)38(36,37)32-23-11-10-22(28)24(25(23)29)26(35)21-16-31-27-20(21)14-18(15-30-27)17-6-8-19(9-7-17)34-12-4-5-13-34/h6-11,14-16,32H,3-5,12-13H2,1-2H3,(H,30,31). The van der Waals surface area contributed by atoms with Crippen LogP contribution in [0.2, 0.25) is 0 Å². The molecule has 8 nitrogen and oxygen atoms in total. The third kappa shape index (κ3) is 4.74. The van der Waals surface area contributed by atoms with Gasteiger partial charge in [-0.1, -0.05) is 19.1 Å². The number of anilines is 2. The maximum atomic E-state index is 15.3. The van der Waals surface area contributed by atoms with Crippen LogP contribution in [0.15, 0.2) is 54.9 Å². The molecule has 0 unspecified atom stereocenters. The van der Waals surface area contributed by atoms with Crippen LogP contribution in [0.25, 0.3) is 22.2 Å². The van der Waals surface area contributed by atoms with Crippen LogP contribution in [0.5, 0.6) is 0 Å². The van der Waals surface area contributed by atoms with E-state index in [9.17, 15) is 17.6 Å². The Morgan fingerprint density at radius 1 is 1.11 bits per heavy atom. The van der Waals surface area contributed by atoms with Gasteiger partial charge >= 0.3 is 10.2 Å². The number of carbonyl (C=O) groups excluding carboxylic acids is 1. The Morgan fingerprint density at radius 3 is 2.50 bits per heavy atom. The molecule has 0 atom stereocenters. The summed E-state index contributed by atoms with van der Waals surface area (Å²) < 4.78 is 57.9. The van der Waals surface area contributed by atoms with Gasteiger partial charge in [0.15, 0.2) is 5.82 Å². The maximum absolute atomic E-state index is 15.3. The summed E-state index contributed by atoms with van der Waals surface area (Å²) in [5.41, 5.74) is 1.79. The number of pyridine rings is 1. The van der Waals surface area contributed by atoms with E-state index in [0.29, 0.717) is 11.0 Å². The summed E-state index contributed by atoms with van der Waals surface area (Å²) in [5, 5.41) is 0.395. The Labute approximate surface area is 219 Å². The van der Waals surface area contributed by atoms with Crippen molar-refractivity contribution >= 4 is 38.4 Å². The lowest BCUT2D eigenvalue weighted by Gasteiger charge is -2.17. The first-order chi connectivity index (χ1) is 18.2. The molecule has 0 spiro atoms. The van der Waals surface area contributed by atoms with Crippen LogP contribution in [0.4, 0.5) is 20.2 Å². The highest BCUT2D eigenvalue weighted by Gasteiger charge is 2.27. The molecule has 2 aromatic heterocycles. The average Bonchev–Trinajstić information content (AvgIpc) is 3.60. The number of benzene rings is 2. The van der Waals surface area contributed by atoms with Crippen LogP contribution in [0.1, 0.15) is 35.7 Å². The number of rotatable bonds is 8. The molecular weight excluding hydrogens is 512 g/mol. The lowest BCUT2D eigenvalue weighted by atomic mass is 9.99. The van der Waals surface area contributed by atoms with Crippen LogP contribution in [-0.2, 0) is 10.2 Å². The molecule has 11 heteroatoms. The lowest BCUT2D eigenvalue weighted by molar-refractivity contribution is 0.103. The highest BCUT2D eigenvalue weighted by molar-refractivity contribution is 7.90. The molecule has 3 heterocycles. The number of H-pyrrole nitrogens is 1. The second-order valence-electron chi connectivity index (χ2n) is 9.20. The summed E-state index contributed by atoms with van der Waals surface area (Å²) in [6, 6.07) is 11.6. The van der Waals surface area contributed by atoms with Crippen molar-refractivity contribution in [2.75, 3.05) is 36.3 Å². The number of aromatic amines is 1. The zero-order valence-corrected chi connectivity index (χ0v) is 21.8. The average molecular weight is 540 g/mol. The molecule has 2 N–H and O–H groups in total. The molecule has 0 aliphatic carbocycles. The van der Waals surface area contributed by atoms with Crippen LogP contribution >= 0.6 is 0 Å². The molecule has 4 aromatic rings. The Kier molecular flexibility index (Phi) is 6.89. The second kappa shape index (κ2) is 10.1. The van der Waals surface area contributed by atoms with Gasteiger partial charge in [0.05, 0.1) is 11.3 Å². The fraction of sp³-hybridized carbons (Fsp3) is 0.259. The fourth-order valence-corrected chi connectivity index (χ4v) is 5.48. The van der Waals surface area contributed by atoms with Gasteiger partial charge in [0, 0.05) is 61.3 Å². The molecule has 1 aliphatic heterocycles. The van der Waals surface area contributed by atoms with Crippen molar-refractivity contribution in [3.63, 3.8) is 0 Å². The highest BCUT2D eigenvalue weighted by Crippen LogP contribution is 2.31. The minimum Gasteiger partial charge on any atom is -0.372 e. The summed E-state index contributed by atoms with van der Waals surface area (Å²) in [5.74, 6) is -3.33. The predicted molar refractivity (Wildman–Crippen MR) is 144 cm³/mol. The van der Waals surface area contributed by atoms with E-state index in [0.717, 1.165) is 46.3 Å². The minimum atomic E-state index is -4.08. The van der Waals surface area contributed by atoms with Crippen molar-refractivity contribution in [3.05, 3.63) is 77.6 Å². The Balaban J connectivity index is 1.49. The molecule has 198 valence electrons. The Morgan fingerprint density at radius 2 is 1.82 bits per heavy atom. The third-order valence-electron chi connectivity index (χ3n) is 6.86. The monoisotopic (exact) mass is 539 g/mol. The van der Waals surface area contributed by atoms with E-state index in [-0.39, 0.29) is 12.1 Å². The number of halogens is 2. The zero-order chi connectivity index (χ0) is 27.0. The topological polar surface area (TPSA) is 98.4 Å². The van der Waals surface area contributed by atoms with Gasteiger partial charge in [-0.15, -0.1) is 0 Å². The SMILES string of the molecule is CCN(C)S(=O)(=O)Nc1ccc(F)c(C(=O)c2c[nH]c3ncc(-c4ccc(N5CCCC5)cc4)cc23)c1F. The number of nitrogens with one attached hydrogen (secondary N) is 2.